The fourth-order valence-electron chi connectivity index (χ4n) is 2.77. The van der Waals surface area contributed by atoms with E-state index in [9.17, 15) is 4.79 Å². The van der Waals surface area contributed by atoms with E-state index in [1.807, 2.05) is 18.2 Å². The maximum Gasteiger partial charge on any atom is 0.220 e. The number of rotatable bonds is 8. The summed E-state index contributed by atoms with van der Waals surface area (Å²) >= 11 is 1.68. The summed E-state index contributed by atoms with van der Waals surface area (Å²) in [5, 5.41) is 4.06. The van der Waals surface area contributed by atoms with Crippen LogP contribution in [0, 0.1) is 0 Å². The molecule has 0 saturated heterocycles. The Morgan fingerprint density at radius 3 is 2.57 bits per heavy atom. The van der Waals surface area contributed by atoms with E-state index in [0.717, 1.165) is 17.1 Å². The largest absolute Gasteiger partial charge is 0.355 e. The number of thiazole rings is 1. The van der Waals surface area contributed by atoms with E-state index in [0.29, 0.717) is 31.5 Å². The van der Waals surface area contributed by atoms with Crippen molar-refractivity contribution in [3.63, 3.8) is 0 Å². The lowest BCUT2D eigenvalue weighted by atomic mass is 10.2. The average molecular weight is 334 g/mol. The summed E-state index contributed by atoms with van der Waals surface area (Å²) in [6.07, 6.45) is 1.21. The Morgan fingerprint density at radius 1 is 1.22 bits per heavy atom. The first-order valence-corrected chi connectivity index (χ1v) is 9.16. The zero-order valence-corrected chi connectivity index (χ0v) is 15.3. The van der Waals surface area contributed by atoms with Gasteiger partial charge < -0.3 is 5.32 Å². The third kappa shape index (κ3) is 5.29. The number of aromatic nitrogens is 1. The van der Waals surface area contributed by atoms with Gasteiger partial charge in [-0.05, 0) is 39.8 Å². The summed E-state index contributed by atoms with van der Waals surface area (Å²) in [6.45, 7) is 10.4. The van der Waals surface area contributed by atoms with Gasteiger partial charge in [0.25, 0.3) is 0 Å². The topological polar surface area (TPSA) is 45.2 Å². The first-order valence-electron chi connectivity index (χ1n) is 8.34. The molecule has 0 unspecified atom stereocenters. The highest BCUT2D eigenvalue weighted by Crippen LogP contribution is 2.22. The molecule has 0 aliphatic heterocycles. The van der Waals surface area contributed by atoms with Crippen LogP contribution in [-0.4, -0.2) is 41.0 Å². The summed E-state index contributed by atoms with van der Waals surface area (Å²) in [7, 11) is 0. The van der Waals surface area contributed by atoms with Crippen LogP contribution in [0.5, 0.6) is 0 Å². The fourth-order valence-corrected chi connectivity index (χ4v) is 3.74. The predicted octanol–water partition coefficient (Wildman–Crippen LogP) is 3.46. The van der Waals surface area contributed by atoms with Crippen LogP contribution in [0.2, 0.25) is 0 Å². The summed E-state index contributed by atoms with van der Waals surface area (Å²) in [4.78, 5) is 19.0. The normalized spacial score (nSPS) is 11.8. The summed E-state index contributed by atoms with van der Waals surface area (Å²) < 4.78 is 1.19. The molecule has 1 aromatic carbocycles. The minimum Gasteiger partial charge on any atom is -0.355 e. The minimum atomic E-state index is 0.108. The molecule has 2 aromatic rings. The predicted molar refractivity (Wildman–Crippen MR) is 97.9 cm³/mol. The van der Waals surface area contributed by atoms with Crippen molar-refractivity contribution >= 4 is 27.5 Å². The van der Waals surface area contributed by atoms with Gasteiger partial charge in [0.2, 0.25) is 5.91 Å². The molecule has 1 aromatic heterocycles. The first kappa shape index (κ1) is 17.9. The van der Waals surface area contributed by atoms with Gasteiger partial charge in [-0.15, -0.1) is 11.3 Å². The van der Waals surface area contributed by atoms with E-state index >= 15 is 0 Å². The molecular formula is C18H27N3OS. The molecule has 0 saturated carbocycles. The van der Waals surface area contributed by atoms with Crippen LogP contribution >= 0.6 is 11.3 Å². The first-order chi connectivity index (χ1) is 11.0. The SMILES string of the molecule is CC(C)N(CCNC(=O)CCc1nc2ccccc2s1)C(C)C. The second-order valence-corrected chi connectivity index (χ2v) is 7.47. The van der Waals surface area contributed by atoms with Crippen molar-refractivity contribution in [1.29, 1.82) is 0 Å². The molecule has 0 aliphatic rings. The second kappa shape index (κ2) is 8.41. The van der Waals surface area contributed by atoms with Crippen LogP contribution < -0.4 is 5.32 Å². The Balaban J connectivity index is 1.74. The van der Waals surface area contributed by atoms with Crippen molar-refractivity contribution in [3.8, 4) is 0 Å². The van der Waals surface area contributed by atoms with Crippen LogP contribution in [-0.2, 0) is 11.2 Å². The van der Waals surface area contributed by atoms with Crippen LogP contribution in [0.25, 0.3) is 10.2 Å². The quantitative estimate of drug-likeness (QED) is 0.804. The standard InChI is InChI=1S/C18H27N3OS/c1-13(2)21(14(3)4)12-11-19-17(22)9-10-18-20-15-7-5-6-8-16(15)23-18/h5-8,13-14H,9-12H2,1-4H3,(H,19,22). The Labute approximate surface area is 142 Å². The van der Waals surface area contributed by atoms with Crippen molar-refractivity contribution in [2.45, 2.75) is 52.6 Å². The smallest absolute Gasteiger partial charge is 0.220 e. The monoisotopic (exact) mass is 333 g/mol. The van der Waals surface area contributed by atoms with Gasteiger partial charge in [0.1, 0.15) is 0 Å². The highest BCUT2D eigenvalue weighted by atomic mass is 32.1. The van der Waals surface area contributed by atoms with E-state index in [1.165, 1.54) is 4.70 Å². The molecule has 1 N–H and O–H groups in total. The van der Waals surface area contributed by atoms with Gasteiger partial charge in [-0.1, -0.05) is 12.1 Å². The number of hydrogen-bond acceptors (Lipinski definition) is 4. The Morgan fingerprint density at radius 2 is 1.91 bits per heavy atom. The molecule has 0 spiro atoms. The van der Waals surface area contributed by atoms with E-state index in [4.69, 9.17) is 0 Å². The highest BCUT2D eigenvalue weighted by Gasteiger charge is 2.13. The van der Waals surface area contributed by atoms with Gasteiger partial charge in [0, 0.05) is 38.0 Å². The number of nitrogens with one attached hydrogen (secondary N) is 1. The molecule has 2 rings (SSSR count). The Hall–Kier alpha value is -1.46. The van der Waals surface area contributed by atoms with Gasteiger partial charge in [-0.25, -0.2) is 4.98 Å². The number of carbonyl (C=O) groups excluding carboxylic acids is 1. The average Bonchev–Trinajstić information content (AvgIpc) is 2.91. The van der Waals surface area contributed by atoms with E-state index < -0.39 is 0 Å². The van der Waals surface area contributed by atoms with Crippen molar-refractivity contribution in [1.82, 2.24) is 15.2 Å². The highest BCUT2D eigenvalue weighted by molar-refractivity contribution is 7.18. The minimum absolute atomic E-state index is 0.108. The molecule has 5 heteroatoms. The van der Waals surface area contributed by atoms with Crippen molar-refractivity contribution < 1.29 is 4.79 Å². The molecule has 1 amide bonds. The lowest BCUT2D eigenvalue weighted by Gasteiger charge is -2.30. The Kier molecular flexibility index (Phi) is 6.54. The molecule has 4 nitrogen and oxygen atoms in total. The number of benzene rings is 1. The zero-order valence-electron chi connectivity index (χ0n) is 14.5. The molecule has 0 fully saturated rings. The van der Waals surface area contributed by atoms with Crippen LogP contribution in [0.15, 0.2) is 24.3 Å². The zero-order chi connectivity index (χ0) is 16.8. The Bertz CT molecular complexity index is 595. The number of amides is 1. The molecule has 1 heterocycles. The van der Waals surface area contributed by atoms with Crippen LogP contribution in [0.3, 0.4) is 0 Å². The van der Waals surface area contributed by atoms with Gasteiger partial charge in [-0.2, -0.15) is 0 Å². The maximum absolute atomic E-state index is 12.0. The lowest BCUT2D eigenvalue weighted by Crippen LogP contribution is -2.42. The third-order valence-electron chi connectivity index (χ3n) is 3.92. The number of aryl methyl sites for hydroxylation is 1. The lowest BCUT2D eigenvalue weighted by molar-refractivity contribution is -0.121. The molecule has 0 aliphatic carbocycles. The summed E-state index contributed by atoms with van der Waals surface area (Å²) in [5.41, 5.74) is 1.03. The number of nitrogens with zero attached hydrogens (tertiary/aromatic N) is 2. The number of para-hydroxylation sites is 1. The van der Waals surface area contributed by atoms with E-state index in [2.05, 4.69) is 49.0 Å². The van der Waals surface area contributed by atoms with Gasteiger partial charge in [0.15, 0.2) is 0 Å². The fraction of sp³-hybridized carbons (Fsp3) is 0.556. The van der Waals surface area contributed by atoms with Crippen molar-refractivity contribution in [3.05, 3.63) is 29.3 Å². The van der Waals surface area contributed by atoms with Crippen molar-refractivity contribution in [2.24, 2.45) is 0 Å². The third-order valence-corrected chi connectivity index (χ3v) is 5.02. The molecule has 0 radical (unpaired) electrons. The van der Waals surface area contributed by atoms with E-state index in [1.54, 1.807) is 11.3 Å². The molecule has 23 heavy (non-hydrogen) atoms. The maximum atomic E-state index is 12.0. The molecule has 0 atom stereocenters. The van der Waals surface area contributed by atoms with Crippen LogP contribution in [0.4, 0.5) is 0 Å². The van der Waals surface area contributed by atoms with Crippen LogP contribution in [0.1, 0.15) is 39.1 Å². The second-order valence-electron chi connectivity index (χ2n) is 6.35. The van der Waals surface area contributed by atoms with Gasteiger partial charge in [0.05, 0.1) is 15.2 Å². The summed E-state index contributed by atoms with van der Waals surface area (Å²) in [6, 6.07) is 9.09. The number of hydrogen-bond donors (Lipinski definition) is 1. The molecule has 126 valence electrons. The van der Waals surface area contributed by atoms with Gasteiger partial charge >= 0.3 is 0 Å². The molecule has 0 bridgehead atoms. The molecular weight excluding hydrogens is 306 g/mol. The van der Waals surface area contributed by atoms with E-state index in [-0.39, 0.29) is 5.91 Å². The number of fused-ring (bicyclic) bond motifs is 1. The van der Waals surface area contributed by atoms with Crippen molar-refractivity contribution in [2.75, 3.05) is 13.1 Å². The summed E-state index contributed by atoms with van der Waals surface area (Å²) in [5.74, 6) is 0.108. The van der Waals surface area contributed by atoms with Gasteiger partial charge in [-0.3, -0.25) is 9.69 Å². The number of carbonyl (C=O) groups is 1.